The van der Waals surface area contributed by atoms with Gasteiger partial charge in [0.05, 0.1) is 10.6 Å². The van der Waals surface area contributed by atoms with E-state index in [0.717, 1.165) is 27.1 Å². The summed E-state index contributed by atoms with van der Waals surface area (Å²) in [6.07, 6.45) is 0.160. The van der Waals surface area contributed by atoms with Gasteiger partial charge in [0.1, 0.15) is 6.04 Å². The molecule has 0 aliphatic heterocycles. The van der Waals surface area contributed by atoms with Crippen LogP contribution >= 0.6 is 11.6 Å². The summed E-state index contributed by atoms with van der Waals surface area (Å²) in [6, 6.07) is 23.3. The molecule has 29 heavy (non-hydrogen) atoms. The van der Waals surface area contributed by atoms with Crippen molar-refractivity contribution in [1.29, 1.82) is 0 Å². The molecular weight excluding hydrogens is 386 g/mol. The van der Waals surface area contributed by atoms with Crippen molar-refractivity contribution >= 4 is 45.0 Å². The molecule has 4 aromatic carbocycles. The monoisotopic (exact) mass is 403 g/mol. The highest BCUT2D eigenvalue weighted by Crippen LogP contribution is 2.29. The fourth-order valence-electron chi connectivity index (χ4n) is 3.61. The fraction of sp³-hybridized carbons (Fsp3) is 0.0833. The number of hydrogen-bond donors (Lipinski definition) is 2. The van der Waals surface area contributed by atoms with Gasteiger partial charge in [-0.15, -0.1) is 0 Å². The van der Waals surface area contributed by atoms with E-state index in [-0.39, 0.29) is 17.0 Å². The first-order valence-corrected chi connectivity index (χ1v) is 9.60. The number of aliphatic carboxylic acids is 1. The van der Waals surface area contributed by atoms with Crippen LogP contribution < -0.4 is 5.32 Å². The Balaban J connectivity index is 1.75. The van der Waals surface area contributed by atoms with E-state index in [9.17, 15) is 14.7 Å². The number of fused-ring (bicyclic) bond motifs is 2. The van der Waals surface area contributed by atoms with Crippen LogP contribution in [-0.2, 0) is 11.2 Å². The van der Waals surface area contributed by atoms with E-state index in [1.807, 2.05) is 48.5 Å². The summed E-state index contributed by atoms with van der Waals surface area (Å²) in [5, 5.41) is 16.7. The number of carboxylic acid groups (broad SMARTS) is 1. The average molecular weight is 404 g/mol. The van der Waals surface area contributed by atoms with Gasteiger partial charge in [-0.1, -0.05) is 72.3 Å². The SMILES string of the molecule is O=C(N[C@@H](Cc1c2ccccc2cc2ccccc12)C(=O)O)c1ccccc1Cl. The molecule has 0 unspecified atom stereocenters. The third-order valence-electron chi connectivity index (χ3n) is 5.01. The van der Waals surface area contributed by atoms with Crippen LogP contribution in [0, 0.1) is 0 Å². The number of benzene rings is 4. The van der Waals surface area contributed by atoms with E-state index in [1.54, 1.807) is 24.3 Å². The first kappa shape index (κ1) is 19.0. The summed E-state index contributed by atoms with van der Waals surface area (Å²) in [6.45, 7) is 0. The molecule has 0 heterocycles. The zero-order valence-electron chi connectivity index (χ0n) is 15.4. The minimum atomic E-state index is -1.09. The van der Waals surface area contributed by atoms with Crippen molar-refractivity contribution in [2.45, 2.75) is 12.5 Å². The first-order chi connectivity index (χ1) is 14.0. The van der Waals surface area contributed by atoms with Crippen LogP contribution in [-0.4, -0.2) is 23.0 Å². The minimum absolute atomic E-state index is 0.160. The standard InChI is InChI=1S/C24H18ClNO3/c25-21-12-6-5-11-19(21)23(27)26-22(24(28)29)14-20-17-9-3-1-7-15(17)13-16-8-2-4-10-18(16)20/h1-13,22H,14H2,(H,26,27)(H,28,29)/t22-/m0/s1. The lowest BCUT2D eigenvalue weighted by Gasteiger charge is -2.18. The molecular formula is C24H18ClNO3. The van der Waals surface area contributed by atoms with Crippen molar-refractivity contribution in [2.75, 3.05) is 0 Å². The first-order valence-electron chi connectivity index (χ1n) is 9.22. The summed E-state index contributed by atoms with van der Waals surface area (Å²) in [5.74, 6) is -1.60. The van der Waals surface area contributed by atoms with Gasteiger partial charge >= 0.3 is 5.97 Å². The van der Waals surface area contributed by atoms with Crippen LogP contribution in [0.25, 0.3) is 21.5 Å². The lowest BCUT2D eigenvalue weighted by molar-refractivity contribution is -0.139. The van der Waals surface area contributed by atoms with E-state index in [4.69, 9.17) is 11.6 Å². The Labute approximate surface area is 172 Å². The molecule has 144 valence electrons. The smallest absolute Gasteiger partial charge is 0.326 e. The Hall–Kier alpha value is -3.37. The van der Waals surface area contributed by atoms with Crippen LogP contribution in [0.3, 0.4) is 0 Å². The van der Waals surface area contributed by atoms with Gasteiger partial charge in [0.2, 0.25) is 0 Å². The van der Waals surface area contributed by atoms with Gasteiger partial charge in [-0.25, -0.2) is 4.79 Å². The molecule has 0 aromatic heterocycles. The minimum Gasteiger partial charge on any atom is -0.480 e. The Morgan fingerprint density at radius 3 is 2.00 bits per heavy atom. The molecule has 2 N–H and O–H groups in total. The second kappa shape index (κ2) is 7.94. The summed E-state index contributed by atoms with van der Waals surface area (Å²) >= 11 is 6.09. The van der Waals surface area contributed by atoms with Gasteiger partial charge in [0.25, 0.3) is 5.91 Å². The molecule has 4 rings (SSSR count). The molecule has 0 bridgehead atoms. The van der Waals surface area contributed by atoms with E-state index < -0.39 is 17.9 Å². The Morgan fingerprint density at radius 2 is 1.41 bits per heavy atom. The average Bonchev–Trinajstić information content (AvgIpc) is 2.73. The predicted octanol–water partition coefficient (Wildman–Crippen LogP) is 5.07. The molecule has 0 aliphatic carbocycles. The molecule has 0 saturated heterocycles. The van der Waals surface area contributed by atoms with Crippen molar-refractivity contribution < 1.29 is 14.7 Å². The largest absolute Gasteiger partial charge is 0.480 e. The van der Waals surface area contributed by atoms with E-state index in [2.05, 4.69) is 11.4 Å². The summed E-state index contributed by atoms with van der Waals surface area (Å²) in [5.41, 5.74) is 1.15. The lowest BCUT2D eigenvalue weighted by atomic mass is 9.92. The molecule has 5 heteroatoms. The Bertz CT molecular complexity index is 1180. The van der Waals surface area contributed by atoms with Gasteiger partial charge in [-0.3, -0.25) is 4.79 Å². The van der Waals surface area contributed by atoms with Crippen LogP contribution in [0.15, 0.2) is 78.9 Å². The van der Waals surface area contributed by atoms with Crippen molar-refractivity contribution in [2.24, 2.45) is 0 Å². The highest BCUT2D eigenvalue weighted by Gasteiger charge is 2.24. The third kappa shape index (κ3) is 3.80. The number of rotatable bonds is 5. The van der Waals surface area contributed by atoms with Crippen LogP contribution in [0.4, 0.5) is 0 Å². The van der Waals surface area contributed by atoms with Gasteiger partial charge in [0.15, 0.2) is 0 Å². The summed E-state index contributed by atoms with van der Waals surface area (Å²) in [4.78, 5) is 24.6. The molecule has 4 aromatic rings. The molecule has 0 aliphatic rings. The van der Waals surface area contributed by atoms with E-state index in [0.29, 0.717) is 0 Å². The molecule has 0 radical (unpaired) electrons. The summed E-state index contributed by atoms with van der Waals surface area (Å²) in [7, 11) is 0. The van der Waals surface area contributed by atoms with Crippen molar-refractivity contribution in [3.05, 3.63) is 95.0 Å². The normalized spacial score (nSPS) is 12.0. The molecule has 1 atom stereocenters. The number of carbonyl (C=O) groups excluding carboxylic acids is 1. The lowest BCUT2D eigenvalue weighted by Crippen LogP contribution is -2.42. The zero-order valence-corrected chi connectivity index (χ0v) is 16.2. The number of amides is 1. The van der Waals surface area contributed by atoms with Crippen LogP contribution in [0.1, 0.15) is 15.9 Å². The topological polar surface area (TPSA) is 66.4 Å². The zero-order chi connectivity index (χ0) is 20.4. The van der Waals surface area contributed by atoms with Gasteiger partial charge in [-0.05, 0) is 45.3 Å². The number of carboxylic acids is 1. The molecule has 0 spiro atoms. The maximum Gasteiger partial charge on any atom is 0.326 e. The van der Waals surface area contributed by atoms with Crippen molar-refractivity contribution in [1.82, 2.24) is 5.32 Å². The summed E-state index contributed by atoms with van der Waals surface area (Å²) < 4.78 is 0. The number of nitrogens with one attached hydrogen (secondary N) is 1. The molecule has 0 saturated carbocycles. The quantitative estimate of drug-likeness (QED) is 0.457. The number of halogens is 1. The van der Waals surface area contributed by atoms with Gasteiger partial charge < -0.3 is 10.4 Å². The van der Waals surface area contributed by atoms with Crippen molar-refractivity contribution in [3.8, 4) is 0 Å². The molecule has 4 nitrogen and oxygen atoms in total. The van der Waals surface area contributed by atoms with Crippen LogP contribution in [0.5, 0.6) is 0 Å². The predicted molar refractivity (Wildman–Crippen MR) is 116 cm³/mol. The van der Waals surface area contributed by atoms with Crippen LogP contribution in [0.2, 0.25) is 5.02 Å². The third-order valence-corrected chi connectivity index (χ3v) is 5.34. The van der Waals surface area contributed by atoms with E-state index in [1.165, 1.54) is 0 Å². The maximum atomic E-state index is 12.6. The molecule has 1 amide bonds. The highest BCUT2D eigenvalue weighted by molar-refractivity contribution is 6.33. The Morgan fingerprint density at radius 1 is 0.862 bits per heavy atom. The number of hydrogen-bond acceptors (Lipinski definition) is 2. The second-order valence-corrected chi connectivity index (χ2v) is 7.25. The number of carbonyl (C=O) groups is 2. The molecule has 0 fully saturated rings. The highest BCUT2D eigenvalue weighted by atomic mass is 35.5. The van der Waals surface area contributed by atoms with Crippen molar-refractivity contribution in [3.63, 3.8) is 0 Å². The fourth-order valence-corrected chi connectivity index (χ4v) is 3.84. The second-order valence-electron chi connectivity index (χ2n) is 6.85. The van der Waals surface area contributed by atoms with Gasteiger partial charge in [0, 0.05) is 6.42 Å². The maximum absolute atomic E-state index is 12.6. The van der Waals surface area contributed by atoms with Gasteiger partial charge in [-0.2, -0.15) is 0 Å². The van der Waals surface area contributed by atoms with E-state index >= 15 is 0 Å². The Kier molecular flexibility index (Phi) is 5.19.